The Morgan fingerprint density at radius 1 is 0.763 bits per heavy atom. The standard InChI is InChI=1S/C16H29NO3S.C12H23NO3S/c1-7-14(2,3)13(18)17-21(19,20)12-10-16(6)9-8-11(12)15(16,4)5;1-4-12(2,3)11(14)13-17(15,16)10-8-6-5-7-9-10/h11-12H,7-10H2,1-6H3,(H,17,18);10H,4-9H2,1-3H3,(H,13,14). The minimum absolute atomic E-state index is 0.0236. The molecule has 222 valence electrons. The van der Waals surface area contributed by atoms with Crippen molar-refractivity contribution in [1.82, 2.24) is 9.44 Å². The highest BCUT2D eigenvalue weighted by Gasteiger charge is 2.63. The number of nitrogens with one attached hydrogen (secondary N) is 2. The lowest BCUT2D eigenvalue weighted by Gasteiger charge is -2.33. The molecule has 10 heteroatoms. The van der Waals surface area contributed by atoms with Crippen LogP contribution in [-0.4, -0.2) is 39.1 Å². The molecule has 0 aromatic carbocycles. The molecule has 0 aromatic heterocycles. The first-order valence-corrected chi connectivity index (χ1v) is 17.4. The minimum Gasteiger partial charge on any atom is -0.273 e. The molecule has 3 aliphatic rings. The molecule has 0 heterocycles. The summed E-state index contributed by atoms with van der Waals surface area (Å²) in [5, 5.41) is -0.810. The van der Waals surface area contributed by atoms with Gasteiger partial charge in [-0.05, 0) is 61.7 Å². The molecule has 2 amide bonds. The number of rotatable bonds is 8. The van der Waals surface area contributed by atoms with Crippen LogP contribution in [0.5, 0.6) is 0 Å². The Bertz CT molecular complexity index is 1090. The van der Waals surface area contributed by atoms with Crippen LogP contribution in [-0.2, 0) is 29.6 Å². The van der Waals surface area contributed by atoms with Gasteiger partial charge >= 0.3 is 0 Å². The summed E-state index contributed by atoms with van der Waals surface area (Å²) < 4.78 is 54.1. The van der Waals surface area contributed by atoms with Gasteiger partial charge in [0.05, 0.1) is 10.5 Å². The summed E-state index contributed by atoms with van der Waals surface area (Å²) in [6.07, 6.45) is 8.27. The van der Waals surface area contributed by atoms with Crippen LogP contribution < -0.4 is 9.44 Å². The highest BCUT2D eigenvalue weighted by Crippen LogP contribution is 2.66. The molecular formula is C28H52N2O6S2. The number of fused-ring (bicyclic) bond motifs is 2. The van der Waals surface area contributed by atoms with Crippen molar-refractivity contribution in [3.63, 3.8) is 0 Å². The first-order valence-electron chi connectivity index (χ1n) is 14.3. The molecule has 0 radical (unpaired) electrons. The summed E-state index contributed by atoms with van der Waals surface area (Å²) in [5.74, 6) is -0.612. The number of carbonyl (C=O) groups is 2. The molecule has 2 bridgehead atoms. The molecular weight excluding hydrogens is 524 g/mol. The van der Waals surface area contributed by atoms with E-state index < -0.39 is 36.1 Å². The van der Waals surface area contributed by atoms with E-state index in [2.05, 4.69) is 30.2 Å². The molecule has 0 spiro atoms. The second-order valence-electron chi connectivity index (χ2n) is 13.9. The largest absolute Gasteiger partial charge is 0.273 e. The van der Waals surface area contributed by atoms with Crippen molar-refractivity contribution >= 4 is 31.9 Å². The SMILES string of the molecule is CCC(C)(C)C(=O)NS(=O)(=O)C1CC2(C)CCC1C2(C)C.CCC(C)(C)C(=O)NS(=O)(=O)C1CCCCC1. The van der Waals surface area contributed by atoms with Crippen LogP contribution in [0.4, 0.5) is 0 Å². The summed E-state index contributed by atoms with van der Waals surface area (Å²) in [5.41, 5.74) is -1.18. The zero-order valence-electron chi connectivity index (χ0n) is 25.1. The zero-order chi connectivity index (χ0) is 29.4. The van der Waals surface area contributed by atoms with Gasteiger partial charge in [-0.3, -0.25) is 19.0 Å². The first-order chi connectivity index (χ1) is 17.2. The van der Waals surface area contributed by atoms with Crippen molar-refractivity contribution in [2.24, 2.45) is 27.6 Å². The Balaban J connectivity index is 0.000000273. The Morgan fingerprint density at radius 2 is 1.21 bits per heavy atom. The Hall–Kier alpha value is -1.16. The second-order valence-corrected chi connectivity index (χ2v) is 17.7. The Morgan fingerprint density at radius 3 is 1.58 bits per heavy atom. The fraction of sp³-hybridized carbons (Fsp3) is 0.929. The summed E-state index contributed by atoms with van der Waals surface area (Å²) in [7, 11) is -7.07. The van der Waals surface area contributed by atoms with Crippen molar-refractivity contribution in [1.29, 1.82) is 0 Å². The molecule has 3 unspecified atom stereocenters. The molecule has 0 saturated heterocycles. The molecule has 3 fully saturated rings. The molecule has 3 rings (SSSR count). The maximum atomic E-state index is 12.7. The van der Waals surface area contributed by atoms with E-state index in [1.807, 2.05) is 13.8 Å². The van der Waals surface area contributed by atoms with E-state index in [0.717, 1.165) is 32.1 Å². The zero-order valence-corrected chi connectivity index (χ0v) is 26.7. The van der Waals surface area contributed by atoms with Crippen LogP contribution >= 0.6 is 0 Å². The molecule has 2 N–H and O–H groups in total. The van der Waals surface area contributed by atoms with Gasteiger partial charge in [0.25, 0.3) is 0 Å². The van der Waals surface area contributed by atoms with Crippen molar-refractivity contribution in [3.8, 4) is 0 Å². The summed E-state index contributed by atoms with van der Waals surface area (Å²) in [4.78, 5) is 24.1. The quantitative estimate of drug-likeness (QED) is 0.405. The molecule has 3 atom stereocenters. The Labute approximate surface area is 232 Å². The molecule has 38 heavy (non-hydrogen) atoms. The second kappa shape index (κ2) is 11.4. The number of carbonyl (C=O) groups excluding carboxylic acids is 2. The van der Waals surface area contributed by atoms with Gasteiger partial charge < -0.3 is 0 Å². The average molecular weight is 577 g/mol. The normalized spacial score (nSPS) is 27.8. The van der Waals surface area contributed by atoms with Gasteiger partial charge in [0, 0.05) is 10.8 Å². The highest BCUT2D eigenvalue weighted by molar-refractivity contribution is 7.91. The predicted molar refractivity (Wildman–Crippen MR) is 152 cm³/mol. The van der Waals surface area contributed by atoms with E-state index in [9.17, 15) is 26.4 Å². The van der Waals surface area contributed by atoms with Crippen molar-refractivity contribution in [2.75, 3.05) is 0 Å². The monoisotopic (exact) mass is 576 g/mol. The van der Waals surface area contributed by atoms with E-state index >= 15 is 0 Å². The third-order valence-electron chi connectivity index (χ3n) is 10.4. The Kier molecular flexibility index (Phi) is 9.89. The fourth-order valence-corrected chi connectivity index (χ4v) is 9.76. The lowest BCUT2D eigenvalue weighted by Crippen LogP contribution is -2.46. The third-order valence-corrected chi connectivity index (χ3v) is 14.0. The first kappa shape index (κ1) is 33.0. The average Bonchev–Trinajstić information content (AvgIpc) is 3.18. The van der Waals surface area contributed by atoms with Gasteiger partial charge in [-0.25, -0.2) is 16.8 Å². The van der Waals surface area contributed by atoms with E-state index in [-0.39, 0.29) is 33.8 Å². The van der Waals surface area contributed by atoms with Crippen LogP contribution in [0.2, 0.25) is 0 Å². The van der Waals surface area contributed by atoms with Gasteiger partial charge in [-0.2, -0.15) is 0 Å². The molecule has 0 aromatic rings. The minimum atomic E-state index is -3.59. The van der Waals surface area contributed by atoms with Gasteiger partial charge in [-0.15, -0.1) is 0 Å². The lowest BCUT2D eigenvalue weighted by atomic mass is 9.71. The van der Waals surface area contributed by atoms with Crippen molar-refractivity contribution in [2.45, 2.75) is 137 Å². The number of hydrogen-bond acceptors (Lipinski definition) is 6. The maximum Gasteiger partial charge on any atom is 0.239 e. The number of amides is 2. The number of hydrogen-bond donors (Lipinski definition) is 2. The predicted octanol–water partition coefficient (Wildman–Crippen LogP) is 5.28. The topological polar surface area (TPSA) is 126 Å². The van der Waals surface area contributed by atoms with Gasteiger partial charge in [-0.1, -0.05) is 81.6 Å². The van der Waals surface area contributed by atoms with Gasteiger partial charge in [0.1, 0.15) is 0 Å². The maximum absolute atomic E-state index is 12.7. The lowest BCUT2D eigenvalue weighted by molar-refractivity contribution is -0.128. The van der Waals surface area contributed by atoms with Crippen LogP contribution in [0.15, 0.2) is 0 Å². The summed E-state index contributed by atoms with van der Waals surface area (Å²) in [6, 6.07) is 0. The number of sulfonamides is 2. The van der Waals surface area contributed by atoms with Crippen LogP contribution in [0, 0.1) is 27.6 Å². The van der Waals surface area contributed by atoms with Crippen molar-refractivity contribution < 1.29 is 26.4 Å². The summed E-state index contributed by atoms with van der Waals surface area (Å²) in [6.45, 7) is 17.4. The van der Waals surface area contributed by atoms with Gasteiger partial charge in [0.2, 0.25) is 31.9 Å². The van der Waals surface area contributed by atoms with E-state index in [1.54, 1.807) is 27.7 Å². The van der Waals surface area contributed by atoms with E-state index in [4.69, 9.17) is 0 Å². The van der Waals surface area contributed by atoms with E-state index in [0.29, 0.717) is 32.1 Å². The van der Waals surface area contributed by atoms with Crippen molar-refractivity contribution in [3.05, 3.63) is 0 Å². The van der Waals surface area contributed by atoms with E-state index in [1.165, 1.54) is 0 Å². The molecule has 3 saturated carbocycles. The third kappa shape index (κ3) is 6.76. The molecule has 3 aliphatic carbocycles. The van der Waals surface area contributed by atoms with Crippen LogP contribution in [0.25, 0.3) is 0 Å². The molecule has 8 nitrogen and oxygen atoms in total. The molecule has 0 aliphatic heterocycles. The van der Waals surface area contributed by atoms with Gasteiger partial charge in [0.15, 0.2) is 0 Å². The smallest absolute Gasteiger partial charge is 0.239 e. The summed E-state index contributed by atoms with van der Waals surface area (Å²) >= 11 is 0. The van der Waals surface area contributed by atoms with Crippen LogP contribution in [0.3, 0.4) is 0 Å². The fourth-order valence-electron chi connectivity index (χ4n) is 5.92. The van der Waals surface area contributed by atoms with Crippen LogP contribution in [0.1, 0.15) is 127 Å². The highest BCUT2D eigenvalue weighted by atomic mass is 32.2.